The summed E-state index contributed by atoms with van der Waals surface area (Å²) in [7, 11) is -0.455. The number of methoxy groups -OCH3 is 1. The lowest BCUT2D eigenvalue weighted by Crippen LogP contribution is -2.30. The number of rotatable bonds is 9. The fourth-order valence-corrected chi connectivity index (χ4v) is 2.35. The molecule has 0 spiro atoms. The minimum Gasteiger partial charge on any atom is -0.516 e. The van der Waals surface area contributed by atoms with E-state index in [9.17, 15) is 9.59 Å². The number of ether oxygens (including phenoxy) is 3. The minimum absolute atomic E-state index is 0.111. The van der Waals surface area contributed by atoms with Crippen LogP contribution in [0.2, 0.25) is 19.6 Å². The summed E-state index contributed by atoms with van der Waals surface area (Å²) in [5, 5.41) is 0. The van der Waals surface area contributed by atoms with Crippen LogP contribution in [-0.2, 0) is 18.6 Å². The van der Waals surface area contributed by atoms with Crippen LogP contribution < -0.4 is 0 Å². The maximum atomic E-state index is 12.2. The summed E-state index contributed by atoms with van der Waals surface area (Å²) >= 11 is 0. The maximum absolute atomic E-state index is 12.2. The first kappa shape index (κ1) is 19.3. The normalized spacial score (nSPS) is 11.1. The predicted molar refractivity (Wildman–Crippen MR) is 88.2 cm³/mol. The van der Waals surface area contributed by atoms with Crippen LogP contribution in [0.5, 0.6) is 0 Å². The second-order valence-corrected chi connectivity index (χ2v) is 10.2. The standard InChI is InChI=1S/C16H24O6Si/c1-19-9-10-20-11-12-21-15(17)13-7-5-6-8-14(13)16(18)22-23(2,3)4/h5-8H,9-12H2,1-4H3. The molecule has 23 heavy (non-hydrogen) atoms. The molecule has 128 valence electrons. The molecule has 0 aliphatic carbocycles. The zero-order valence-electron chi connectivity index (χ0n) is 14.1. The van der Waals surface area contributed by atoms with Crippen molar-refractivity contribution >= 4 is 20.3 Å². The summed E-state index contributed by atoms with van der Waals surface area (Å²) in [4.78, 5) is 24.3. The molecular formula is C16H24O6Si. The van der Waals surface area contributed by atoms with Crippen LogP contribution in [0.1, 0.15) is 20.7 Å². The van der Waals surface area contributed by atoms with Gasteiger partial charge in [-0.2, -0.15) is 0 Å². The van der Waals surface area contributed by atoms with Crippen molar-refractivity contribution in [1.29, 1.82) is 0 Å². The van der Waals surface area contributed by atoms with E-state index >= 15 is 0 Å². The molecule has 0 radical (unpaired) electrons. The Morgan fingerprint density at radius 3 is 2.04 bits per heavy atom. The third-order valence-corrected chi connectivity index (χ3v) is 3.46. The summed E-state index contributed by atoms with van der Waals surface area (Å²) in [6.45, 7) is 7.03. The van der Waals surface area contributed by atoms with Crippen LogP contribution in [0, 0.1) is 0 Å². The first-order valence-electron chi connectivity index (χ1n) is 7.41. The van der Waals surface area contributed by atoms with Crippen molar-refractivity contribution in [1.82, 2.24) is 0 Å². The molecular weight excluding hydrogens is 316 g/mol. The van der Waals surface area contributed by atoms with Gasteiger partial charge >= 0.3 is 11.9 Å². The maximum Gasteiger partial charge on any atom is 0.339 e. The lowest BCUT2D eigenvalue weighted by molar-refractivity contribution is 0.0211. The Hall–Kier alpha value is -1.70. The van der Waals surface area contributed by atoms with Crippen LogP contribution in [0.25, 0.3) is 0 Å². The van der Waals surface area contributed by atoms with Crippen molar-refractivity contribution in [2.75, 3.05) is 33.5 Å². The van der Waals surface area contributed by atoms with Gasteiger partial charge in [0, 0.05) is 7.11 Å². The van der Waals surface area contributed by atoms with E-state index in [1.165, 1.54) is 0 Å². The molecule has 0 heterocycles. The number of hydrogen-bond acceptors (Lipinski definition) is 6. The SMILES string of the molecule is COCCOCCOC(=O)c1ccccc1C(=O)O[Si](C)(C)C. The lowest BCUT2D eigenvalue weighted by Gasteiger charge is -2.18. The van der Waals surface area contributed by atoms with Crippen molar-refractivity contribution in [3.05, 3.63) is 35.4 Å². The Morgan fingerprint density at radius 2 is 1.48 bits per heavy atom. The first-order valence-corrected chi connectivity index (χ1v) is 10.8. The van der Waals surface area contributed by atoms with Crippen molar-refractivity contribution in [2.24, 2.45) is 0 Å². The minimum atomic E-state index is -2.04. The van der Waals surface area contributed by atoms with Gasteiger partial charge in [0.2, 0.25) is 8.32 Å². The second kappa shape index (κ2) is 9.44. The zero-order chi connectivity index (χ0) is 17.3. The van der Waals surface area contributed by atoms with Gasteiger partial charge in [-0.1, -0.05) is 12.1 Å². The van der Waals surface area contributed by atoms with Crippen LogP contribution in [0.4, 0.5) is 0 Å². The molecule has 1 aromatic rings. The number of benzene rings is 1. The lowest BCUT2D eigenvalue weighted by atomic mass is 10.1. The summed E-state index contributed by atoms with van der Waals surface area (Å²) in [5.74, 6) is -1.06. The Morgan fingerprint density at radius 1 is 0.913 bits per heavy atom. The monoisotopic (exact) mass is 340 g/mol. The van der Waals surface area contributed by atoms with E-state index in [0.717, 1.165) is 0 Å². The van der Waals surface area contributed by atoms with Gasteiger partial charge < -0.3 is 18.6 Å². The molecule has 1 aromatic carbocycles. The van der Waals surface area contributed by atoms with Gasteiger partial charge in [-0.15, -0.1) is 0 Å². The highest BCUT2D eigenvalue weighted by molar-refractivity contribution is 6.71. The van der Waals surface area contributed by atoms with E-state index in [1.54, 1.807) is 31.4 Å². The largest absolute Gasteiger partial charge is 0.516 e. The first-order chi connectivity index (χ1) is 10.8. The molecule has 0 bridgehead atoms. The smallest absolute Gasteiger partial charge is 0.339 e. The van der Waals surface area contributed by atoms with E-state index in [2.05, 4.69) is 0 Å². The molecule has 1 rings (SSSR count). The van der Waals surface area contributed by atoms with E-state index in [-0.39, 0.29) is 24.3 Å². The Bertz CT molecular complexity index is 524. The second-order valence-electron chi connectivity index (χ2n) is 5.79. The summed E-state index contributed by atoms with van der Waals surface area (Å²) < 4.78 is 20.6. The van der Waals surface area contributed by atoms with E-state index < -0.39 is 20.3 Å². The summed E-state index contributed by atoms with van der Waals surface area (Å²) in [5.41, 5.74) is 0.424. The number of carbonyl (C=O) groups excluding carboxylic acids is 2. The molecule has 0 saturated carbocycles. The molecule has 0 unspecified atom stereocenters. The van der Waals surface area contributed by atoms with Gasteiger partial charge in [-0.25, -0.2) is 9.59 Å². The molecule has 0 saturated heterocycles. The highest BCUT2D eigenvalue weighted by atomic mass is 28.4. The van der Waals surface area contributed by atoms with Crippen molar-refractivity contribution in [2.45, 2.75) is 19.6 Å². The molecule has 6 nitrogen and oxygen atoms in total. The van der Waals surface area contributed by atoms with Crippen LogP contribution in [-0.4, -0.2) is 53.8 Å². The zero-order valence-corrected chi connectivity index (χ0v) is 15.1. The third-order valence-electron chi connectivity index (χ3n) is 2.66. The molecule has 0 aromatic heterocycles. The Kier molecular flexibility index (Phi) is 7.94. The van der Waals surface area contributed by atoms with Gasteiger partial charge in [-0.3, -0.25) is 0 Å². The molecule has 0 N–H and O–H groups in total. The van der Waals surface area contributed by atoms with E-state index in [1.807, 2.05) is 19.6 Å². The van der Waals surface area contributed by atoms with Crippen LogP contribution in [0.15, 0.2) is 24.3 Å². The van der Waals surface area contributed by atoms with Gasteiger partial charge in [0.15, 0.2) is 0 Å². The van der Waals surface area contributed by atoms with Crippen LogP contribution in [0.3, 0.4) is 0 Å². The van der Waals surface area contributed by atoms with Crippen molar-refractivity contribution in [3.63, 3.8) is 0 Å². The molecule has 7 heteroatoms. The Labute approximate surface area is 137 Å². The summed E-state index contributed by atoms with van der Waals surface area (Å²) in [6, 6.07) is 6.48. The fourth-order valence-electron chi connectivity index (χ4n) is 1.69. The highest BCUT2D eigenvalue weighted by Crippen LogP contribution is 2.15. The molecule has 0 aliphatic rings. The van der Waals surface area contributed by atoms with Gasteiger partial charge in [0.05, 0.1) is 30.9 Å². The van der Waals surface area contributed by atoms with Crippen LogP contribution >= 0.6 is 0 Å². The molecule has 0 fully saturated rings. The summed E-state index contributed by atoms with van der Waals surface area (Å²) in [6.07, 6.45) is 0. The number of hydrogen-bond donors (Lipinski definition) is 0. The molecule has 0 amide bonds. The number of carbonyl (C=O) groups is 2. The van der Waals surface area contributed by atoms with Gasteiger partial charge in [-0.05, 0) is 31.8 Å². The third kappa shape index (κ3) is 7.40. The van der Waals surface area contributed by atoms with Crippen molar-refractivity contribution < 1.29 is 28.2 Å². The predicted octanol–water partition coefficient (Wildman–Crippen LogP) is 2.50. The van der Waals surface area contributed by atoms with Gasteiger partial charge in [0.25, 0.3) is 0 Å². The fraction of sp³-hybridized carbons (Fsp3) is 0.500. The van der Waals surface area contributed by atoms with E-state index in [4.69, 9.17) is 18.6 Å². The molecule has 0 atom stereocenters. The van der Waals surface area contributed by atoms with E-state index in [0.29, 0.717) is 13.2 Å². The average molecular weight is 340 g/mol. The number of esters is 1. The van der Waals surface area contributed by atoms with Crippen molar-refractivity contribution in [3.8, 4) is 0 Å². The highest BCUT2D eigenvalue weighted by Gasteiger charge is 2.24. The molecule has 0 aliphatic heterocycles. The topological polar surface area (TPSA) is 71.1 Å². The average Bonchev–Trinajstić information content (AvgIpc) is 2.49. The van der Waals surface area contributed by atoms with Gasteiger partial charge in [0.1, 0.15) is 6.61 Å². The Balaban J connectivity index is 2.62. The quantitative estimate of drug-likeness (QED) is 0.391.